The van der Waals surface area contributed by atoms with Crippen LogP contribution in [0.1, 0.15) is 13.8 Å². The van der Waals surface area contributed by atoms with E-state index in [1.54, 1.807) is 0 Å². The molecular weight excluding hydrogens is 72.2 g/mol. The topological polar surface area (TPSA) is 17.1 Å². The summed E-state index contributed by atoms with van der Waals surface area (Å²) < 4.78 is 0. The molecule has 0 amide bonds. The Morgan fingerprint density at radius 2 is 1.40 bits per heavy atom. The van der Waals surface area contributed by atoms with Crippen molar-refractivity contribution in [2.24, 2.45) is 0 Å². The van der Waals surface area contributed by atoms with E-state index in [1.807, 2.05) is 0 Å². The number of hydrogen-bond donors (Lipinski definition) is 0. The molecule has 0 aliphatic rings. The number of ketones is 1. The molecule has 0 unspecified atom stereocenters. The van der Waals surface area contributed by atoms with Crippen LogP contribution < -0.4 is 0 Å². The van der Waals surface area contributed by atoms with Crippen LogP contribution in [0.4, 0.5) is 0 Å². The molecule has 0 bridgehead atoms. The number of hydrogen-bond acceptors (Lipinski definition) is 1. The molecule has 0 rings (SSSR count). The second-order valence-electron chi connectivity index (χ2n) is 0.908. The van der Waals surface area contributed by atoms with Crippen molar-refractivity contribution in [3.05, 3.63) is 0 Å². The van der Waals surface area contributed by atoms with Crippen molar-refractivity contribution in [3.8, 4) is 0 Å². The van der Waals surface area contributed by atoms with Crippen LogP contribution in [0, 0.1) is 6.15 Å². The summed E-state index contributed by atoms with van der Waals surface area (Å²) in [5.41, 5.74) is 0. The van der Waals surface area contributed by atoms with Crippen LogP contribution in [0.2, 0.25) is 0 Å². The predicted molar refractivity (Wildman–Crippen MR) is 16.4 cm³/mol. The zero-order valence-electron chi connectivity index (χ0n) is 3.26. The monoisotopic (exact) mass is 78.0 g/mol. The smallest absolute Gasteiger partial charge is 0.126 e. The van der Waals surface area contributed by atoms with Crippen LogP contribution in [-0.4, -0.2) is 5.78 Å². The third kappa shape index (κ3) is 50.4. The van der Waals surface area contributed by atoms with Gasteiger partial charge in [0.05, 0.1) is 0 Å². The third-order valence-electron chi connectivity index (χ3n) is 0. The maximum absolute atomic E-state index is 9.44. The van der Waals surface area contributed by atoms with Gasteiger partial charge in [-0.25, -0.2) is 0 Å². The summed E-state index contributed by atoms with van der Waals surface area (Å²) in [5.74, 6) is 0.167. The Morgan fingerprint density at radius 3 is 1.40 bits per heavy atom. The first-order valence-electron chi connectivity index (χ1n) is 1.20. The minimum absolute atomic E-state index is 0. The molecular formula is C3H6NeO. The van der Waals surface area contributed by atoms with Gasteiger partial charge >= 0.3 is 0 Å². The SMILES string of the molecule is CC(C)=O.[Ne]. The summed E-state index contributed by atoms with van der Waals surface area (Å²) in [4.78, 5) is 9.44. The fourth-order valence-corrected chi connectivity index (χ4v) is 0. The van der Waals surface area contributed by atoms with Crippen LogP contribution in [0.3, 0.4) is 0 Å². The van der Waals surface area contributed by atoms with E-state index >= 15 is 0 Å². The third-order valence-corrected chi connectivity index (χ3v) is 0. The van der Waals surface area contributed by atoms with Gasteiger partial charge in [0.15, 0.2) is 0 Å². The summed E-state index contributed by atoms with van der Waals surface area (Å²) >= 11 is 0. The second kappa shape index (κ2) is 3.58. The maximum atomic E-state index is 9.44. The van der Waals surface area contributed by atoms with Crippen molar-refractivity contribution in [1.29, 1.82) is 0 Å². The van der Waals surface area contributed by atoms with E-state index in [0.717, 1.165) is 0 Å². The van der Waals surface area contributed by atoms with Crippen molar-refractivity contribution < 1.29 is 10.9 Å². The van der Waals surface area contributed by atoms with Crippen LogP contribution >= 0.6 is 0 Å². The first-order valence-corrected chi connectivity index (χ1v) is 1.20. The van der Waals surface area contributed by atoms with Gasteiger partial charge in [-0.05, 0) is 13.8 Å². The number of carbonyl (C=O) groups excluding carboxylic acids is 1. The summed E-state index contributed by atoms with van der Waals surface area (Å²) in [5, 5.41) is 0. The minimum atomic E-state index is 0. The summed E-state index contributed by atoms with van der Waals surface area (Å²) in [6.45, 7) is 3.06. The van der Waals surface area contributed by atoms with Crippen molar-refractivity contribution >= 4 is 5.78 Å². The van der Waals surface area contributed by atoms with E-state index < -0.39 is 0 Å². The summed E-state index contributed by atoms with van der Waals surface area (Å²) in [6.07, 6.45) is 0. The Labute approximate surface area is 31.8 Å². The Morgan fingerprint density at radius 1 is 1.40 bits per heavy atom. The number of Topliss-reactive ketones (excluding diaryl/α,β-unsaturated/α-hetero) is 1. The molecule has 0 aromatic carbocycles. The summed E-state index contributed by atoms with van der Waals surface area (Å²) in [7, 11) is 0. The maximum Gasteiger partial charge on any atom is 0.126 e. The van der Waals surface area contributed by atoms with E-state index in [1.165, 1.54) is 13.8 Å². The normalized spacial score (nSPS) is 5.20. The van der Waals surface area contributed by atoms with Crippen LogP contribution in [0.5, 0.6) is 0 Å². The Kier molecular flexibility index (Phi) is 6.31. The Balaban J connectivity index is 0. The van der Waals surface area contributed by atoms with Crippen LogP contribution in [-0.2, 0) is 4.79 Å². The molecule has 0 atom stereocenters. The van der Waals surface area contributed by atoms with Gasteiger partial charge in [0, 0.05) is 6.15 Å². The quantitative estimate of drug-likeness (QED) is 0.414. The molecule has 5 heavy (non-hydrogen) atoms. The van der Waals surface area contributed by atoms with E-state index in [9.17, 15) is 4.79 Å². The molecule has 0 heterocycles. The van der Waals surface area contributed by atoms with Crippen molar-refractivity contribution in [2.75, 3.05) is 0 Å². The molecule has 1 nitrogen and oxygen atoms in total. The van der Waals surface area contributed by atoms with Gasteiger partial charge in [-0.1, -0.05) is 0 Å². The van der Waals surface area contributed by atoms with Crippen molar-refractivity contribution in [3.63, 3.8) is 0 Å². The molecule has 0 aliphatic carbocycles. The molecule has 0 aromatic rings. The van der Waals surface area contributed by atoms with Crippen LogP contribution in [0.15, 0.2) is 0 Å². The molecule has 0 N–H and O–H groups in total. The largest absolute Gasteiger partial charge is 0.300 e. The van der Waals surface area contributed by atoms with Crippen molar-refractivity contribution in [1.82, 2.24) is 0 Å². The number of rotatable bonds is 0. The van der Waals surface area contributed by atoms with E-state index in [4.69, 9.17) is 0 Å². The fraction of sp³-hybridized carbons (Fsp3) is 0.667. The second-order valence-corrected chi connectivity index (χ2v) is 0.908. The molecule has 32 valence electrons. The molecule has 2 heteroatoms. The average Bonchev–Trinajstić information content (AvgIpc) is 0.811. The van der Waals surface area contributed by atoms with Crippen LogP contribution in [0.25, 0.3) is 0 Å². The van der Waals surface area contributed by atoms with E-state index in [0.29, 0.717) is 0 Å². The molecule has 0 aliphatic heterocycles. The van der Waals surface area contributed by atoms with E-state index in [-0.39, 0.29) is 11.9 Å². The zero-order valence-corrected chi connectivity index (χ0v) is 3.26. The molecule has 0 radical (unpaired) electrons. The van der Waals surface area contributed by atoms with Crippen molar-refractivity contribution in [2.45, 2.75) is 13.8 Å². The standard InChI is InChI=1S/C3H6O.Ne/c1-3(2)4;/h1-2H3;. The fourth-order valence-electron chi connectivity index (χ4n) is 0. The molecule has 0 fully saturated rings. The van der Waals surface area contributed by atoms with Gasteiger partial charge < -0.3 is 4.79 Å². The molecule has 0 saturated heterocycles. The number of carbonyl (C=O) groups is 1. The minimum Gasteiger partial charge on any atom is -0.300 e. The first kappa shape index (κ1) is 8.82. The van der Waals surface area contributed by atoms with Gasteiger partial charge in [-0.3, -0.25) is 0 Å². The molecule has 0 spiro atoms. The first-order chi connectivity index (χ1) is 1.73. The zero-order chi connectivity index (χ0) is 3.58. The Hall–Kier alpha value is -0.421. The Bertz CT molecular complexity index is 29.9. The van der Waals surface area contributed by atoms with E-state index in [2.05, 4.69) is 0 Å². The van der Waals surface area contributed by atoms with Gasteiger partial charge in [0.1, 0.15) is 5.78 Å². The average molecular weight is 78.3 g/mol. The molecule has 0 saturated carbocycles. The van der Waals surface area contributed by atoms with Gasteiger partial charge in [-0.15, -0.1) is 0 Å². The van der Waals surface area contributed by atoms with Gasteiger partial charge in [-0.2, -0.15) is 0 Å². The van der Waals surface area contributed by atoms with Gasteiger partial charge in [0.2, 0.25) is 0 Å². The van der Waals surface area contributed by atoms with Gasteiger partial charge in [0.25, 0.3) is 0 Å². The predicted octanol–water partition coefficient (Wildman–Crippen LogP) is 0.595. The summed E-state index contributed by atoms with van der Waals surface area (Å²) in [6, 6.07) is 0. The molecule has 0 aromatic heterocycles.